The van der Waals surface area contributed by atoms with Gasteiger partial charge in [-0.05, 0) is 37.3 Å². The van der Waals surface area contributed by atoms with Crippen LogP contribution in [-0.4, -0.2) is 38.5 Å². The Hall–Kier alpha value is -2.87. The van der Waals surface area contributed by atoms with Crippen molar-refractivity contribution in [2.45, 2.75) is 44.4 Å². The van der Waals surface area contributed by atoms with E-state index in [9.17, 15) is 23.9 Å². The molecule has 2 amide bonds. The Balaban J connectivity index is 1.44. The highest BCUT2D eigenvalue weighted by Gasteiger charge is 2.51. The second-order valence-electron chi connectivity index (χ2n) is 8.15. The molecule has 3 aliphatic rings. The highest BCUT2D eigenvalue weighted by Crippen LogP contribution is 2.45. The highest BCUT2D eigenvalue weighted by atomic mass is 35.5. The average molecular weight is 432 g/mol. The lowest BCUT2D eigenvalue weighted by molar-refractivity contribution is 0.0482. The second-order valence-corrected chi connectivity index (χ2v) is 8.58. The van der Waals surface area contributed by atoms with Crippen molar-refractivity contribution in [3.63, 3.8) is 0 Å². The maximum absolute atomic E-state index is 13.9. The van der Waals surface area contributed by atoms with E-state index in [1.807, 2.05) is 0 Å². The van der Waals surface area contributed by atoms with E-state index in [2.05, 4.69) is 5.32 Å². The van der Waals surface area contributed by atoms with Crippen LogP contribution in [0.15, 0.2) is 29.2 Å². The van der Waals surface area contributed by atoms with Gasteiger partial charge in [-0.3, -0.25) is 14.4 Å². The molecule has 2 N–H and O–H groups in total. The van der Waals surface area contributed by atoms with Crippen molar-refractivity contribution >= 4 is 23.4 Å². The Morgan fingerprint density at radius 1 is 1.30 bits per heavy atom. The number of amides is 2. The zero-order valence-corrected chi connectivity index (χ0v) is 16.7. The first-order valence-corrected chi connectivity index (χ1v) is 10.2. The van der Waals surface area contributed by atoms with E-state index in [1.165, 1.54) is 22.9 Å². The minimum Gasteiger partial charge on any atom is -0.503 e. The van der Waals surface area contributed by atoms with Gasteiger partial charge in [0.1, 0.15) is 11.4 Å². The molecule has 0 radical (unpaired) electrons. The van der Waals surface area contributed by atoms with Gasteiger partial charge < -0.3 is 19.9 Å². The maximum Gasteiger partial charge on any atom is 0.275 e. The van der Waals surface area contributed by atoms with Crippen LogP contribution in [0.3, 0.4) is 0 Å². The molecule has 2 aliphatic heterocycles. The third kappa shape index (κ3) is 2.81. The predicted octanol–water partition coefficient (Wildman–Crippen LogP) is 2.28. The van der Waals surface area contributed by atoms with Crippen LogP contribution in [0, 0.1) is 11.7 Å². The number of hydrogen-bond donors (Lipinski definition) is 2. The van der Waals surface area contributed by atoms with Crippen LogP contribution in [0.5, 0.6) is 5.75 Å². The van der Waals surface area contributed by atoms with Crippen LogP contribution in [0.4, 0.5) is 4.39 Å². The molecule has 1 aromatic carbocycles. The number of rotatable bonds is 3. The Bertz CT molecular complexity index is 1150. The number of benzene rings is 1. The molecule has 3 atom stereocenters. The molecule has 7 nitrogen and oxygen atoms in total. The normalized spacial score (nSPS) is 24.0. The van der Waals surface area contributed by atoms with Crippen molar-refractivity contribution in [1.82, 2.24) is 14.8 Å². The van der Waals surface area contributed by atoms with Gasteiger partial charge >= 0.3 is 0 Å². The number of hydrogen-bond acceptors (Lipinski definition) is 4. The summed E-state index contributed by atoms with van der Waals surface area (Å²) in [5.74, 6) is -1.99. The van der Waals surface area contributed by atoms with E-state index >= 15 is 0 Å². The molecule has 1 saturated heterocycles. The first-order valence-electron chi connectivity index (χ1n) is 9.86. The number of nitrogens with zero attached hydrogens (tertiary/aromatic N) is 2. The molecule has 9 heteroatoms. The summed E-state index contributed by atoms with van der Waals surface area (Å²) in [5.41, 5.74) is -1.05. The summed E-state index contributed by atoms with van der Waals surface area (Å²) >= 11 is 5.72. The van der Waals surface area contributed by atoms with Crippen molar-refractivity contribution < 1.29 is 19.1 Å². The SMILES string of the molecule is O=C(NCc1ccc(Cl)cc1F)c1cn2c(c(O)c1=O)C(=O)N1C3CCC(C3)C1C2. The van der Waals surface area contributed by atoms with Crippen molar-refractivity contribution in [3.8, 4) is 5.75 Å². The van der Waals surface area contributed by atoms with Crippen LogP contribution in [0.1, 0.15) is 45.7 Å². The molecule has 2 aromatic rings. The zero-order chi connectivity index (χ0) is 21.2. The highest BCUT2D eigenvalue weighted by molar-refractivity contribution is 6.30. The minimum atomic E-state index is -0.911. The maximum atomic E-state index is 13.9. The summed E-state index contributed by atoms with van der Waals surface area (Å²) < 4.78 is 15.4. The number of aromatic hydroxyl groups is 1. The number of piperidine rings is 1. The van der Waals surface area contributed by atoms with Crippen molar-refractivity contribution in [3.05, 3.63) is 62.3 Å². The predicted molar refractivity (Wildman–Crippen MR) is 106 cm³/mol. The van der Waals surface area contributed by atoms with Gasteiger partial charge in [0.25, 0.3) is 11.8 Å². The number of nitrogens with one attached hydrogen (secondary N) is 1. The third-order valence-corrected chi connectivity index (χ3v) is 6.75. The molecule has 1 saturated carbocycles. The molecule has 1 aliphatic carbocycles. The monoisotopic (exact) mass is 431 g/mol. The van der Waals surface area contributed by atoms with Crippen LogP contribution >= 0.6 is 11.6 Å². The molecule has 2 bridgehead atoms. The Labute approximate surface area is 176 Å². The lowest BCUT2D eigenvalue weighted by Gasteiger charge is -2.40. The summed E-state index contributed by atoms with van der Waals surface area (Å²) in [6.45, 7) is 0.283. The molecule has 3 heterocycles. The van der Waals surface area contributed by atoms with Gasteiger partial charge in [-0.25, -0.2) is 4.39 Å². The number of halogens is 2. The Morgan fingerprint density at radius 3 is 2.87 bits per heavy atom. The minimum absolute atomic E-state index is 0.0183. The van der Waals surface area contributed by atoms with E-state index in [0.29, 0.717) is 12.5 Å². The van der Waals surface area contributed by atoms with Gasteiger partial charge in [0, 0.05) is 35.9 Å². The number of carbonyl (C=O) groups is 2. The summed E-state index contributed by atoms with van der Waals surface area (Å²) in [7, 11) is 0. The number of carbonyl (C=O) groups excluding carboxylic acids is 2. The lowest BCUT2D eigenvalue weighted by atomic mass is 9.95. The molecule has 0 spiro atoms. The van der Waals surface area contributed by atoms with Crippen molar-refractivity contribution in [2.24, 2.45) is 5.92 Å². The van der Waals surface area contributed by atoms with E-state index in [0.717, 1.165) is 25.3 Å². The Kier molecular flexibility index (Phi) is 4.36. The largest absolute Gasteiger partial charge is 0.503 e. The molecule has 3 unspecified atom stereocenters. The van der Waals surface area contributed by atoms with Gasteiger partial charge in [0.05, 0.1) is 6.04 Å². The van der Waals surface area contributed by atoms with E-state index in [1.54, 1.807) is 4.90 Å². The van der Waals surface area contributed by atoms with E-state index in [-0.39, 0.29) is 46.4 Å². The van der Waals surface area contributed by atoms with Gasteiger partial charge in [-0.1, -0.05) is 17.7 Å². The fourth-order valence-electron chi connectivity index (χ4n) is 5.08. The zero-order valence-electron chi connectivity index (χ0n) is 15.9. The van der Waals surface area contributed by atoms with Crippen molar-refractivity contribution in [1.29, 1.82) is 0 Å². The standard InChI is InChI=1S/C21H19ClFN3O4/c22-12-3-1-11(15(23)6-12)7-24-20(29)14-8-25-9-16-10-2-4-13(5-10)26(16)21(30)17(25)19(28)18(14)27/h1,3,6,8,10,13,16,28H,2,4-5,7,9H2,(H,24,29). The molecule has 5 rings (SSSR count). The molecule has 2 fully saturated rings. The number of aromatic nitrogens is 1. The first kappa shape index (κ1) is 19.1. The van der Waals surface area contributed by atoms with Gasteiger partial charge in [0.2, 0.25) is 5.43 Å². The van der Waals surface area contributed by atoms with Gasteiger partial charge in [-0.2, -0.15) is 0 Å². The van der Waals surface area contributed by atoms with Crippen LogP contribution < -0.4 is 10.7 Å². The van der Waals surface area contributed by atoms with Crippen molar-refractivity contribution in [2.75, 3.05) is 0 Å². The molecule has 1 aromatic heterocycles. The second kappa shape index (κ2) is 6.84. The average Bonchev–Trinajstić information content (AvgIpc) is 3.32. The number of fused-ring (bicyclic) bond motifs is 6. The summed E-state index contributed by atoms with van der Waals surface area (Å²) in [4.78, 5) is 40.0. The fourth-order valence-corrected chi connectivity index (χ4v) is 5.24. The number of pyridine rings is 1. The third-order valence-electron chi connectivity index (χ3n) is 6.52. The topological polar surface area (TPSA) is 91.6 Å². The molecule has 30 heavy (non-hydrogen) atoms. The van der Waals surface area contributed by atoms with Crippen LogP contribution in [-0.2, 0) is 13.1 Å². The summed E-state index contributed by atoms with van der Waals surface area (Å²) in [6.07, 6.45) is 4.27. The van der Waals surface area contributed by atoms with Gasteiger partial charge in [-0.15, -0.1) is 0 Å². The van der Waals surface area contributed by atoms with E-state index in [4.69, 9.17) is 11.6 Å². The fraction of sp³-hybridized carbons (Fsp3) is 0.381. The van der Waals surface area contributed by atoms with Gasteiger partial charge in [0.15, 0.2) is 11.4 Å². The molecular weight excluding hydrogens is 413 g/mol. The van der Waals surface area contributed by atoms with Crippen LogP contribution in [0.2, 0.25) is 5.02 Å². The summed E-state index contributed by atoms with van der Waals surface area (Å²) in [5, 5.41) is 13.2. The smallest absolute Gasteiger partial charge is 0.275 e. The van der Waals surface area contributed by atoms with E-state index < -0.39 is 22.9 Å². The molecule has 156 valence electrons. The lowest BCUT2D eigenvalue weighted by Crippen LogP contribution is -2.52. The quantitative estimate of drug-likeness (QED) is 0.780. The first-order chi connectivity index (χ1) is 14.3. The summed E-state index contributed by atoms with van der Waals surface area (Å²) in [6, 6.07) is 4.25. The van der Waals surface area contributed by atoms with Crippen LogP contribution in [0.25, 0.3) is 0 Å². The Morgan fingerprint density at radius 2 is 2.10 bits per heavy atom. The molecular formula is C21H19ClFN3O4.